The SMILES string of the molecule is CO.O=C(c1ccc2c(c1)CCO2)N(CC1CCNCC1)c1ccnc(NC2CCCC2)n1. The van der Waals surface area contributed by atoms with E-state index < -0.39 is 0 Å². The molecular formula is C25H35N5O3. The van der Waals surface area contributed by atoms with Crippen LogP contribution in [0.5, 0.6) is 5.75 Å². The minimum absolute atomic E-state index is 0.00116. The quantitative estimate of drug-likeness (QED) is 0.618. The van der Waals surface area contributed by atoms with E-state index in [0.717, 1.165) is 63.6 Å². The van der Waals surface area contributed by atoms with Gasteiger partial charge in [0.15, 0.2) is 0 Å². The maximum atomic E-state index is 13.7. The van der Waals surface area contributed by atoms with E-state index in [-0.39, 0.29) is 5.91 Å². The number of aliphatic hydroxyl groups is 1. The van der Waals surface area contributed by atoms with E-state index in [1.165, 1.54) is 12.8 Å². The molecule has 2 aromatic rings. The lowest BCUT2D eigenvalue weighted by Crippen LogP contribution is -2.40. The van der Waals surface area contributed by atoms with Crippen LogP contribution in [-0.2, 0) is 6.42 Å². The van der Waals surface area contributed by atoms with E-state index in [0.29, 0.717) is 42.4 Å². The number of amides is 1. The highest BCUT2D eigenvalue weighted by Crippen LogP contribution is 2.28. The van der Waals surface area contributed by atoms with Gasteiger partial charge in [0.05, 0.1) is 6.61 Å². The summed E-state index contributed by atoms with van der Waals surface area (Å²) >= 11 is 0. The van der Waals surface area contributed by atoms with Gasteiger partial charge in [-0.1, -0.05) is 12.8 Å². The van der Waals surface area contributed by atoms with Crippen LogP contribution >= 0.6 is 0 Å². The molecule has 0 bridgehead atoms. The standard InChI is InChI=1S/C24H31N5O2.CH4O/c30-23(19-5-6-21-18(15-19)10-14-31-21)29(16-17-7-11-25-12-8-17)22-9-13-26-24(28-22)27-20-3-1-2-4-20;1-2/h5-6,9,13,15,17,20,25H,1-4,7-8,10-12,14,16H2,(H,26,27,28);2H,1H3. The maximum absolute atomic E-state index is 13.7. The van der Waals surface area contributed by atoms with Crippen LogP contribution in [0.2, 0.25) is 0 Å². The van der Waals surface area contributed by atoms with Crippen molar-refractivity contribution >= 4 is 17.7 Å². The van der Waals surface area contributed by atoms with Gasteiger partial charge in [-0.05, 0) is 74.5 Å². The first-order chi connectivity index (χ1) is 16.3. The zero-order chi connectivity index (χ0) is 23.0. The average molecular weight is 454 g/mol. The smallest absolute Gasteiger partial charge is 0.259 e. The molecule has 0 radical (unpaired) electrons. The molecule has 33 heavy (non-hydrogen) atoms. The summed E-state index contributed by atoms with van der Waals surface area (Å²) in [7, 11) is 1.00. The van der Waals surface area contributed by atoms with Crippen LogP contribution in [0.25, 0.3) is 0 Å². The van der Waals surface area contributed by atoms with Crippen LogP contribution in [0, 0.1) is 5.92 Å². The lowest BCUT2D eigenvalue weighted by molar-refractivity contribution is 0.0980. The second-order valence-corrected chi connectivity index (χ2v) is 8.89. The molecule has 2 fully saturated rings. The van der Waals surface area contributed by atoms with Gasteiger partial charge in [-0.2, -0.15) is 4.98 Å². The molecule has 1 aliphatic carbocycles. The molecule has 1 aromatic carbocycles. The van der Waals surface area contributed by atoms with Crippen molar-refractivity contribution < 1.29 is 14.6 Å². The van der Waals surface area contributed by atoms with Crippen LogP contribution < -0.4 is 20.3 Å². The number of piperidine rings is 1. The van der Waals surface area contributed by atoms with Crippen LogP contribution in [0.3, 0.4) is 0 Å². The lowest BCUT2D eigenvalue weighted by Gasteiger charge is -2.30. The van der Waals surface area contributed by atoms with Gasteiger partial charge in [0, 0.05) is 37.9 Å². The molecule has 3 N–H and O–H groups in total. The second kappa shape index (κ2) is 11.4. The first-order valence-electron chi connectivity index (χ1n) is 12.1. The fourth-order valence-corrected chi connectivity index (χ4v) is 4.90. The van der Waals surface area contributed by atoms with Crippen molar-refractivity contribution in [1.82, 2.24) is 15.3 Å². The van der Waals surface area contributed by atoms with E-state index >= 15 is 0 Å². The normalized spacial score (nSPS) is 18.1. The highest BCUT2D eigenvalue weighted by atomic mass is 16.5. The number of anilines is 2. The molecule has 3 aliphatic rings. The van der Waals surface area contributed by atoms with E-state index in [4.69, 9.17) is 14.8 Å². The van der Waals surface area contributed by atoms with E-state index in [9.17, 15) is 4.79 Å². The van der Waals surface area contributed by atoms with Crippen molar-refractivity contribution in [2.45, 2.75) is 51.0 Å². The Hall–Kier alpha value is -2.71. The highest BCUT2D eigenvalue weighted by molar-refractivity contribution is 6.05. The predicted molar refractivity (Wildman–Crippen MR) is 129 cm³/mol. The van der Waals surface area contributed by atoms with Crippen molar-refractivity contribution in [1.29, 1.82) is 0 Å². The average Bonchev–Trinajstić information content (AvgIpc) is 3.56. The molecule has 1 amide bonds. The molecule has 0 unspecified atom stereocenters. The number of hydrogen-bond acceptors (Lipinski definition) is 7. The second-order valence-electron chi connectivity index (χ2n) is 8.89. The molecule has 8 heteroatoms. The molecule has 8 nitrogen and oxygen atoms in total. The Morgan fingerprint density at radius 2 is 1.97 bits per heavy atom. The molecule has 3 heterocycles. The van der Waals surface area contributed by atoms with Crippen LogP contribution in [0.4, 0.5) is 11.8 Å². The zero-order valence-corrected chi connectivity index (χ0v) is 19.4. The van der Waals surface area contributed by atoms with Crippen molar-refractivity contribution in [2.75, 3.05) is 43.6 Å². The molecule has 0 spiro atoms. The number of nitrogens with zero attached hydrogens (tertiary/aromatic N) is 3. The first-order valence-corrected chi connectivity index (χ1v) is 12.1. The largest absolute Gasteiger partial charge is 0.493 e. The van der Waals surface area contributed by atoms with Gasteiger partial charge in [-0.3, -0.25) is 9.69 Å². The lowest BCUT2D eigenvalue weighted by atomic mass is 9.97. The molecule has 1 saturated carbocycles. The summed E-state index contributed by atoms with van der Waals surface area (Å²) in [5.41, 5.74) is 1.81. The van der Waals surface area contributed by atoms with Gasteiger partial charge in [-0.25, -0.2) is 4.98 Å². The van der Waals surface area contributed by atoms with Gasteiger partial charge >= 0.3 is 0 Å². The summed E-state index contributed by atoms with van der Waals surface area (Å²) in [6, 6.07) is 8.07. The predicted octanol–water partition coefficient (Wildman–Crippen LogP) is 3.02. The van der Waals surface area contributed by atoms with Crippen molar-refractivity contribution in [3.05, 3.63) is 41.6 Å². The van der Waals surface area contributed by atoms with Gasteiger partial charge in [-0.15, -0.1) is 0 Å². The number of carbonyl (C=O) groups is 1. The number of rotatable bonds is 6. The number of benzene rings is 1. The third kappa shape index (κ3) is 5.81. The van der Waals surface area contributed by atoms with E-state index in [2.05, 4.69) is 15.6 Å². The monoisotopic (exact) mass is 453 g/mol. The van der Waals surface area contributed by atoms with Crippen molar-refractivity contribution in [3.63, 3.8) is 0 Å². The van der Waals surface area contributed by atoms with Gasteiger partial charge < -0.3 is 20.5 Å². The minimum Gasteiger partial charge on any atom is -0.493 e. The Bertz CT molecular complexity index is 926. The topological polar surface area (TPSA) is 99.6 Å². The van der Waals surface area contributed by atoms with Gasteiger partial charge in [0.2, 0.25) is 5.95 Å². The summed E-state index contributed by atoms with van der Waals surface area (Å²) in [6.07, 6.45) is 9.57. The van der Waals surface area contributed by atoms with Crippen LogP contribution in [0.15, 0.2) is 30.5 Å². The molecule has 1 saturated heterocycles. The van der Waals surface area contributed by atoms with Crippen molar-refractivity contribution in [3.8, 4) is 5.75 Å². The third-order valence-corrected chi connectivity index (χ3v) is 6.69. The fraction of sp³-hybridized carbons (Fsp3) is 0.560. The number of nitrogens with one attached hydrogen (secondary N) is 2. The molecule has 178 valence electrons. The Balaban J connectivity index is 0.00000126. The highest BCUT2D eigenvalue weighted by Gasteiger charge is 2.26. The van der Waals surface area contributed by atoms with E-state index in [1.54, 1.807) is 6.20 Å². The first kappa shape index (κ1) is 23.4. The van der Waals surface area contributed by atoms with Crippen LogP contribution in [0.1, 0.15) is 54.4 Å². The molecule has 2 aliphatic heterocycles. The fourth-order valence-electron chi connectivity index (χ4n) is 4.90. The third-order valence-electron chi connectivity index (χ3n) is 6.69. The van der Waals surface area contributed by atoms with Gasteiger partial charge in [0.25, 0.3) is 5.91 Å². The van der Waals surface area contributed by atoms with E-state index in [1.807, 2.05) is 29.2 Å². The molecule has 0 atom stereocenters. The summed E-state index contributed by atoms with van der Waals surface area (Å²) in [4.78, 5) is 24.7. The maximum Gasteiger partial charge on any atom is 0.259 e. The minimum atomic E-state index is -0.00116. The number of aliphatic hydroxyl groups excluding tert-OH is 1. The number of hydrogen-bond donors (Lipinski definition) is 3. The number of carbonyl (C=O) groups excluding carboxylic acids is 1. The Morgan fingerprint density at radius 1 is 1.18 bits per heavy atom. The zero-order valence-electron chi connectivity index (χ0n) is 19.4. The molecular weight excluding hydrogens is 418 g/mol. The van der Waals surface area contributed by atoms with Crippen LogP contribution in [-0.4, -0.2) is 60.4 Å². The molecule has 1 aromatic heterocycles. The summed E-state index contributed by atoms with van der Waals surface area (Å²) < 4.78 is 5.62. The number of aromatic nitrogens is 2. The van der Waals surface area contributed by atoms with Gasteiger partial charge in [0.1, 0.15) is 11.6 Å². The summed E-state index contributed by atoms with van der Waals surface area (Å²) in [5.74, 6) is 2.65. The summed E-state index contributed by atoms with van der Waals surface area (Å²) in [5, 5.41) is 13.9. The number of ether oxygens (including phenoxy) is 1. The Labute approximate surface area is 195 Å². The van der Waals surface area contributed by atoms with Crippen molar-refractivity contribution in [2.24, 2.45) is 5.92 Å². The Morgan fingerprint density at radius 3 is 2.76 bits per heavy atom. The Kier molecular flexibility index (Phi) is 8.12. The number of fused-ring (bicyclic) bond motifs is 1. The molecule has 5 rings (SSSR count). The summed E-state index contributed by atoms with van der Waals surface area (Å²) in [6.45, 7) is 3.37.